The van der Waals surface area contributed by atoms with Gasteiger partial charge in [0.25, 0.3) is 5.91 Å². The van der Waals surface area contributed by atoms with Crippen LogP contribution in [0.25, 0.3) is 11.4 Å². The number of hydrogen-bond acceptors (Lipinski definition) is 5. The van der Waals surface area contributed by atoms with E-state index in [1.165, 1.54) is 0 Å². The summed E-state index contributed by atoms with van der Waals surface area (Å²) in [4.78, 5) is 24.4. The zero-order valence-electron chi connectivity index (χ0n) is 12.6. The Labute approximate surface area is 141 Å². The Balaban J connectivity index is 1.90. The molecular formula is C14H17BrN6O2. The van der Waals surface area contributed by atoms with Crippen molar-refractivity contribution in [2.75, 3.05) is 6.54 Å². The minimum absolute atomic E-state index is 0.182. The van der Waals surface area contributed by atoms with E-state index < -0.39 is 11.9 Å². The molecule has 0 radical (unpaired) electrons. The Bertz CT molecular complexity index is 687. The lowest BCUT2D eigenvalue weighted by Crippen LogP contribution is -2.41. The van der Waals surface area contributed by atoms with Gasteiger partial charge in [-0.15, -0.1) is 10.2 Å². The first-order valence-electron chi connectivity index (χ1n) is 7.20. The van der Waals surface area contributed by atoms with Crippen LogP contribution in [0.15, 0.2) is 28.7 Å². The zero-order valence-corrected chi connectivity index (χ0v) is 14.2. The lowest BCUT2D eigenvalue weighted by atomic mass is 10.2. The maximum absolute atomic E-state index is 11.8. The fraction of sp³-hybridized carbons (Fsp3) is 0.357. The van der Waals surface area contributed by atoms with Crippen LogP contribution < -0.4 is 10.6 Å². The van der Waals surface area contributed by atoms with E-state index in [-0.39, 0.29) is 6.54 Å². The number of hydrogen-bond donors (Lipinski definition) is 2. The Hall–Kier alpha value is -2.29. The second kappa shape index (κ2) is 8.37. The second-order valence-corrected chi connectivity index (χ2v) is 5.64. The van der Waals surface area contributed by atoms with Gasteiger partial charge in [-0.2, -0.15) is 4.80 Å². The van der Waals surface area contributed by atoms with Crippen molar-refractivity contribution in [3.8, 4) is 11.4 Å². The standard InChI is InChI=1S/C14H17BrN6O2/c1-2-3-8-16-14(23)17-12(22)9-21-19-13(18-20-21)10-6-4-5-7-11(10)15/h4-7H,2-3,8-9H2,1H3,(H2,16,17,22,23). The van der Waals surface area contributed by atoms with Gasteiger partial charge in [0.2, 0.25) is 5.82 Å². The molecule has 9 heteroatoms. The average Bonchev–Trinajstić information content (AvgIpc) is 2.96. The molecule has 0 atom stereocenters. The van der Waals surface area contributed by atoms with Gasteiger partial charge in [-0.05, 0) is 23.8 Å². The first-order chi connectivity index (χ1) is 11.1. The van der Waals surface area contributed by atoms with Crippen molar-refractivity contribution in [1.29, 1.82) is 0 Å². The number of unbranched alkanes of at least 4 members (excludes halogenated alkanes) is 1. The molecule has 0 saturated heterocycles. The molecule has 2 rings (SSSR count). The van der Waals surface area contributed by atoms with Crippen LogP contribution >= 0.6 is 15.9 Å². The van der Waals surface area contributed by atoms with Crippen molar-refractivity contribution in [3.63, 3.8) is 0 Å². The summed E-state index contributed by atoms with van der Waals surface area (Å²) in [7, 11) is 0. The first-order valence-corrected chi connectivity index (χ1v) is 8.00. The highest BCUT2D eigenvalue weighted by Crippen LogP contribution is 2.23. The van der Waals surface area contributed by atoms with E-state index in [2.05, 4.69) is 42.0 Å². The molecular weight excluding hydrogens is 364 g/mol. The number of rotatable bonds is 6. The number of carbonyl (C=O) groups excluding carboxylic acids is 2. The van der Waals surface area contributed by atoms with Crippen LogP contribution in [0.1, 0.15) is 19.8 Å². The summed E-state index contributed by atoms with van der Waals surface area (Å²) in [6.45, 7) is 2.37. The van der Waals surface area contributed by atoms with Crippen LogP contribution in [0.4, 0.5) is 4.79 Å². The predicted octanol–water partition coefficient (Wildman–Crippen LogP) is 1.73. The number of carbonyl (C=O) groups is 2. The normalized spacial score (nSPS) is 10.3. The van der Waals surface area contributed by atoms with Gasteiger partial charge in [-0.25, -0.2) is 4.79 Å². The van der Waals surface area contributed by atoms with E-state index >= 15 is 0 Å². The Morgan fingerprint density at radius 2 is 2.09 bits per heavy atom. The fourth-order valence-corrected chi connectivity index (χ4v) is 2.24. The van der Waals surface area contributed by atoms with Crippen molar-refractivity contribution in [2.45, 2.75) is 26.3 Å². The minimum atomic E-state index is -0.519. The van der Waals surface area contributed by atoms with E-state index in [0.29, 0.717) is 12.4 Å². The summed E-state index contributed by atoms with van der Waals surface area (Å²) in [5, 5.41) is 16.7. The zero-order chi connectivity index (χ0) is 16.7. The quantitative estimate of drug-likeness (QED) is 0.742. The largest absolute Gasteiger partial charge is 0.338 e. The summed E-state index contributed by atoms with van der Waals surface area (Å²) in [5.74, 6) is -0.104. The number of nitrogens with one attached hydrogen (secondary N) is 2. The molecule has 1 aromatic carbocycles. The van der Waals surface area contributed by atoms with Crippen molar-refractivity contribution < 1.29 is 9.59 Å². The number of nitrogens with zero attached hydrogens (tertiary/aromatic N) is 4. The molecule has 2 N–H and O–H groups in total. The molecule has 0 aliphatic heterocycles. The number of benzene rings is 1. The van der Waals surface area contributed by atoms with E-state index in [9.17, 15) is 9.59 Å². The molecule has 3 amide bonds. The fourth-order valence-electron chi connectivity index (χ4n) is 1.78. The smallest absolute Gasteiger partial charge is 0.321 e. The van der Waals surface area contributed by atoms with Gasteiger partial charge in [0.1, 0.15) is 6.54 Å². The van der Waals surface area contributed by atoms with Crippen LogP contribution in [0.5, 0.6) is 0 Å². The molecule has 122 valence electrons. The number of amides is 3. The van der Waals surface area contributed by atoms with Crippen LogP contribution in [0.3, 0.4) is 0 Å². The van der Waals surface area contributed by atoms with Crippen LogP contribution in [0.2, 0.25) is 0 Å². The average molecular weight is 381 g/mol. The lowest BCUT2D eigenvalue weighted by molar-refractivity contribution is -0.121. The highest BCUT2D eigenvalue weighted by atomic mass is 79.9. The van der Waals surface area contributed by atoms with Gasteiger partial charge in [-0.3, -0.25) is 10.1 Å². The second-order valence-electron chi connectivity index (χ2n) is 4.78. The number of urea groups is 1. The molecule has 1 heterocycles. The van der Waals surface area contributed by atoms with Gasteiger partial charge >= 0.3 is 6.03 Å². The Morgan fingerprint density at radius 3 is 2.83 bits per heavy atom. The van der Waals surface area contributed by atoms with Crippen LogP contribution in [0, 0.1) is 0 Å². The SMILES string of the molecule is CCCCNC(=O)NC(=O)Cn1nnc(-c2ccccc2Br)n1. The molecule has 0 aliphatic carbocycles. The third-order valence-corrected chi connectivity index (χ3v) is 3.61. The minimum Gasteiger partial charge on any atom is -0.338 e. The van der Waals surface area contributed by atoms with Crippen molar-refractivity contribution in [2.24, 2.45) is 0 Å². The van der Waals surface area contributed by atoms with Crippen LogP contribution in [-0.4, -0.2) is 38.7 Å². The molecule has 8 nitrogen and oxygen atoms in total. The van der Waals surface area contributed by atoms with Gasteiger partial charge in [0.05, 0.1) is 0 Å². The summed E-state index contributed by atoms with van der Waals surface area (Å²) >= 11 is 3.41. The molecule has 0 saturated carbocycles. The van der Waals surface area contributed by atoms with Crippen molar-refractivity contribution >= 4 is 27.9 Å². The summed E-state index contributed by atoms with van der Waals surface area (Å²) in [6, 6.07) is 6.92. The monoisotopic (exact) mass is 380 g/mol. The molecule has 0 fully saturated rings. The van der Waals surface area contributed by atoms with Crippen molar-refractivity contribution in [3.05, 3.63) is 28.7 Å². The molecule has 1 aromatic heterocycles. The Morgan fingerprint density at radius 1 is 1.30 bits per heavy atom. The topological polar surface area (TPSA) is 102 Å². The van der Waals surface area contributed by atoms with E-state index in [0.717, 1.165) is 27.7 Å². The number of aromatic nitrogens is 4. The van der Waals surface area contributed by atoms with Gasteiger partial charge in [0, 0.05) is 16.6 Å². The summed E-state index contributed by atoms with van der Waals surface area (Å²) < 4.78 is 0.833. The molecule has 0 unspecified atom stereocenters. The maximum atomic E-state index is 11.8. The van der Waals surface area contributed by atoms with E-state index in [1.54, 1.807) is 0 Å². The lowest BCUT2D eigenvalue weighted by Gasteiger charge is -2.05. The van der Waals surface area contributed by atoms with E-state index in [4.69, 9.17) is 0 Å². The third-order valence-electron chi connectivity index (χ3n) is 2.92. The molecule has 23 heavy (non-hydrogen) atoms. The highest BCUT2D eigenvalue weighted by molar-refractivity contribution is 9.10. The molecule has 0 spiro atoms. The van der Waals surface area contributed by atoms with E-state index in [1.807, 2.05) is 31.2 Å². The first kappa shape index (κ1) is 17.1. The number of tetrazole rings is 1. The number of imide groups is 1. The number of halogens is 1. The Kier molecular flexibility index (Phi) is 6.21. The molecule has 0 aliphatic rings. The third kappa shape index (κ3) is 5.13. The van der Waals surface area contributed by atoms with Gasteiger partial charge in [0.15, 0.2) is 0 Å². The summed E-state index contributed by atoms with van der Waals surface area (Å²) in [5.41, 5.74) is 0.775. The molecule has 0 bridgehead atoms. The van der Waals surface area contributed by atoms with Crippen LogP contribution in [-0.2, 0) is 11.3 Å². The predicted molar refractivity (Wildman–Crippen MR) is 87.4 cm³/mol. The van der Waals surface area contributed by atoms with Gasteiger partial charge in [-0.1, -0.05) is 41.4 Å². The maximum Gasteiger partial charge on any atom is 0.321 e. The van der Waals surface area contributed by atoms with Gasteiger partial charge < -0.3 is 5.32 Å². The summed E-state index contributed by atoms with van der Waals surface area (Å²) in [6.07, 6.45) is 1.83. The molecule has 2 aromatic rings. The van der Waals surface area contributed by atoms with Crippen molar-refractivity contribution in [1.82, 2.24) is 30.8 Å². The highest BCUT2D eigenvalue weighted by Gasteiger charge is 2.12.